The fourth-order valence-corrected chi connectivity index (χ4v) is 0.516. The molecule has 0 aliphatic carbocycles. The molecule has 1 rings (SSSR count). The minimum absolute atomic E-state index is 0. The van der Waals surface area contributed by atoms with Crippen LogP contribution in [0, 0.1) is 6.92 Å². The average Bonchev–Trinajstić information content (AvgIpc) is 1.83. The summed E-state index contributed by atoms with van der Waals surface area (Å²) in [5.41, 5.74) is -0.154. The van der Waals surface area contributed by atoms with Crippen molar-refractivity contribution >= 4 is 0 Å². The van der Waals surface area contributed by atoms with E-state index in [0.29, 0.717) is 5.76 Å². The smallest absolute Gasteiger partial charge is 0.387 e. The van der Waals surface area contributed by atoms with E-state index in [9.17, 15) is 0 Å². The van der Waals surface area contributed by atoms with Crippen molar-refractivity contribution in [3.63, 3.8) is 0 Å². The van der Waals surface area contributed by atoms with Crippen LogP contribution in [-0.4, -0.2) is 9.90 Å². The highest BCUT2D eigenvalue weighted by atomic mass is 35.5. The molecule has 56 valence electrons. The summed E-state index contributed by atoms with van der Waals surface area (Å²) in [4.78, 5) is 8.79. The van der Waals surface area contributed by atoms with Crippen molar-refractivity contribution in [1.82, 2.24) is 0 Å². The van der Waals surface area contributed by atoms with E-state index in [1.54, 1.807) is 6.92 Å². The van der Waals surface area contributed by atoms with E-state index in [1.165, 1.54) is 12.3 Å². The molecule has 0 aromatic carbocycles. The molecule has 0 saturated carbocycles. The van der Waals surface area contributed by atoms with Crippen molar-refractivity contribution in [2.45, 2.75) is 6.92 Å². The molecule has 3 nitrogen and oxygen atoms in total. The lowest BCUT2D eigenvalue weighted by Crippen LogP contribution is -3.00. The van der Waals surface area contributed by atoms with Gasteiger partial charge in [-0.25, -0.2) is 0 Å². The van der Waals surface area contributed by atoms with Crippen LogP contribution in [-0.2, 0) is 0 Å². The summed E-state index contributed by atoms with van der Waals surface area (Å²) in [5.74, 6) is 0.118. The van der Waals surface area contributed by atoms with Crippen LogP contribution < -0.4 is 17.8 Å². The third-order valence-corrected chi connectivity index (χ3v) is 1.05. The summed E-state index contributed by atoms with van der Waals surface area (Å²) in [7, 11) is 0. The van der Waals surface area contributed by atoms with Gasteiger partial charge in [-0.1, -0.05) is 0 Å². The van der Waals surface area contributed by atoms with Crippen LogP contribution in [0.4, 0.5) is 0 Å². The Hall–Kier alpha value is -0.960. The van der Waals surface area contributed by atoms with Gasteiger partial charge in [0.1, 0.15) is 6.26 Å². The first kappa shape index (κ1) is 9.04. The van der Waals surface area contributed by atoms with E-state index in [0.717, 1.165) is 0 Å². The van der Waals surface area contributed by atoms with Gasteiger partial charge in [0.25, 0.3) is 5.75 Å². The topological polar surface area (TPSA) is 54.8 Å². The van der Waals surface area contributed by atoms with Gasteiger partial charge in [-0.3, -0.25) is 4.79 Å². The van der Waals surface area contributed by atoms with E-state index in [-0.39, 0.29) is 23.6 Å². The maximum Gasteiger partial charge on any atom is 0.387 e. The van der Waals surface area contributed by atoms with Gasteiger partial charge in [-0.2, -0.15) is 0 Å². The molecule has 0 aliphatic rings. The summed E-state index contributed by atoms with van der Waals surface area (Å²) >= 11 is 0. The molecule has 0 fully saturated rings. The lowest BCUT2D eigenvalue weighted by atomic mass is 10.4. The van der Waals surface area contributed by atoms with E-state index < -0.39 is 0 Å². The van der Waals surface area contributed by atoms with Crippen LogP contribution in [0.25, 0.3) is 0 Å². The first-order valence-corrected chi connectivity index (χ1v) is 2.51. The zero-order valence-electron chi connectivity index (χ0n) is 5.34. The van der Waals surface area contributed by atoms with Crippen molar-refractivity contribution in [2.75, 3.05) is 0 Å². The Labute approximate surface area is 63.7 Å². The van der Waals surface area contributed by atoms with Gasteiger partial charge in [0.2, 0.25) is 0 Å². The van der Waals surface area contributed by atoms with Crippen molar-refractivity contribution in [3.05, 3.63) is 23.5 Å². The van der Waals surface area contributed by atoms with Crippen LogP contribution in [0.5, 0.6) is 5.75 Å². The van der Waals surface area contributed by atoms with Gasteiger partial charge in [0, 0.05) is 0 Å². The predicted octanol–water partition coefficient (Wildman–Crippen LogP) is -2.70. The van der Waals surface area contributed by atoms with E-state index >= 15 is 0 Å². The van der Waals surface area contributed by atoms with Gasteiger partial charge < -0.3 is 21.9 Å². The van der Waals surface area contributed by atoms with E-state index in [4.69, 9.17) is 14.3 Å². The highest BCUT2D eigenvalue weighted by molar-refractivity contribution is 5.18. The molecule has 0 spiro atoms. The summed E-state index contributed by atoms with van der Waals surface area (Å²) in [5, 5.41) is 8.86. The van der Waals surface area contributed by atoms with Gasteiger partial charge in [0.05, 0.1) is 6.07 Å². The maximum atomic E-state index is 8.86. The van der Waals surface area contributed by atoms with Gasteiger partial charge in [-0.15, -0.1) is 0 Å². The maximum absolute atomic E-state index is 8.86. The van der Waals surface area contributed by atoms with Crippen molar-refractivity contribution < 1.29 is 26.7 Å². The number of hydrogen-bond donors (Lipinski definition) is 1. The second-order valence-electron chi connectivity index (χ2n) is 1.71. The quantitative estimate of drug-likeness (QED) is 0.422. The number of halogens is 1. The molecule has 10 heavy (non-hydrogen) atoms. The molecule has 0 radical (unpaired) electrons. The second kappa shape index (κ2) is 3.27. The molecule has 0 unspecified atom stereocenters. The van der Waals surface area contributed by atoms with Crippen LogP contribution in [0.1, 0.15) is 5.76 Å². The molecule has 0 amide bonds. The summed E-state index contributed by atoms with van der Waals surface area (Å²) in [6, 6.07) is 1.28. The zero-order chi connectivity index (χ0) is 6.85. The van der Waals surface area contributed by atoms with Crippen molar-refractivity contribution in [2.24, 2.45) is 0 Å². The molecule has 0 atom stereocenters. The van der Waals surface area contributed by atoms with E-state index in [2.05, 4.69) is 0 Å². The van der Waals surface area contributed by atoms with Gasteiger partial charge in [0.15, 0.2) is 5.76 Å². The highest BCUT2D eigenvalue weighted by Crippen LogP contribution is 2.05. The third kappa shape index (κ3) is 1.51. The third-order valence-electron chi connectivity index (χ3n) is 1.05. The first-order chi connectivity index (χ1) is 4.22. The highest BCUT2D eigenvalue weighted by Gasteiger charge is 2.04. The number of rotatable bonds is 0. The fraction of sp³-hybridized carbons (Fsp3) is 0.167. The number of aryl methyl sites for hydroxylation is 1. The molecule has 0 saturated heterocycles. The summed E-state index contributed by atoms with van der Waals surface area (Å²) in [6.45, 7) is 1.56. The average molecular weight is 163 g/mol. The Morgan fingerprint density at radius 3 is 2.60 bits per heavy atom. The van der Waals surface area contributed by atoms with E-state index in [1.807, 2.05) is 0 Å². The molecular weight excluding hydrogens is 156 g/mol. The Bertz CT molecular complexity index is 266. The number of hydrogen-bond acceptors (Lipinski definition) is 2. The monoisotopic (exact) mass is 162 g/mol. The fourth-order valence-electron chi connectivity index (χ4n) is 0.516. The Kier molecular flexibility index (Phi) is 2.96. The summed E-state index contributed by atoms with van der Waals surface area (Å²) < 4.78 is 4.73. The Morgan fingerprint density at radius 2 is 2.20 bits per heavy atom. The molecule has 0 bridgehead atoms. The van der Waals surface area contributed by atoms with Crippen molar-refractivity contribution in [3.8, 4) is 5.75 Å². The standard InChI is InChI=1S/C6H6O3.ClH/c1-4-6(8)5(7)2-3-9-4;/h2-3,8H,1H3;1H. The van der Waals surface area contributed by atoms with Crippen LogP contribution in [0.15, 0.2) is 16.7 Å². The molecule has 1 heterocycles. The molecule has 4 heteroatoms. The second-order valence-corrected chi connectivity index (χ2v) is 1.71. The molecule has 1 aromatic rings. The van der Waals surface area contributed by atoms with Crippen LogP contribution in [0.2, 0.25) is 0 Å². The number of aromatic hydroxyl groups is 1. The van der Waals surface area contributed by atoms with Crippen molar-refractivity contribution in [1.29, 1.82) is 0 Å². The molecule has 2 N–H and O–H groups in total. The largest absolute Gasteiger partial charge is 1.00 e. The molecule has 1 aromatic heterocycles. The predicted molar refractivity (Wildman–Crippen MR) is 30.2 cm³/mol. The minimum Gasteiger partial charge on any atom is -1.00 e. The zero-order valence-corrected chi connectivity index (χ0v) is 6.09. The lowest BCUT2D eigenvalue weighted by molar-refractivity contribution is -0.00000407. The molecule has 0 aliphatic heterocycles. The summed E-state index contributed by atoms with van der Waals surface area (Å²) in [6.07, 6.45) is 1.31. The lowest BCUT2D eigenvalue weighted by Gasteiger charge is -1.88. The van der Waals surface area contributed by atoms with Gasteiger partial charge >= 0.3 is 5.43 Å². The minimum atomic E-state index is -0.197. The van der Waals surface area contributed by atoms with Crippen LogP contribution in [0.3, 0.4) is 0 Å². The van der Waals surface area contributed by atoms with Gasteiger partial charge in [-0.05, 0) is 6.92 Å². The SMILES string of the molecule is Cc1occc(=[OH+])c1O.[Cl-]. The Balaban J connectivity index is 0.000000810. The van der Waals surface area contributed by atoms with Crippen LogP contribution >= 0.6 is 0 Å². The normalized spacial score (nSPS) is 8.50. The molecular formula is C6H7ClO3. The Morgan fingerprint density at radius 1 is 1.60 bits per heavy atom. The first-order valence-electron chi connectivity index (χ1n) is 2.51.